The Kier molecular flexibility index (Phi) is 8.74. The van der Waals surface area contributed by atoms with Gasteiger partial charge in [0.2, 0.25) is 0 Å². The van der Waals surface area contributed by atoms with Gasteiger partial charge in [-0.2, -0.15) is 0 Å². The molecule has 9 rings (SSSR count). The third-order valence-corrected chi connectivity index (χ3v) is 12.4. The summed E-state index contributed by atoms with van der Waals surface area (Å²) in [5.74, 6) is 0. The molecule has 2 heteroatoms. The third-order valence-electron chi connectivity index (χ3n) is 12.4. The molecule has 0 N–H and O–H groups in total. The van der Waals surface area contributed by atoms with E-state index in [9.17, 15) is 0 Å². The molecule has 1 heterocycles. The summed E-state index contributed by atoms with van der Waals surface area (Å²) in [5, 5.41) is 0. The van der Waals surface area contributed by atoms with Gasteiger partial charge >= 0.3 is 0 Å². The Morgan fingerprint density at radius 1 is 0.596 bits per heavy atom. The summed E-state index contributed by atoms with van der Waals surface area (Å²) in [4.78, 5) is 4.71. The molecule has 0 bridgehead atoms. The number of hydrogen-bond donors (Lipinski definition) is 0. The maximum Gasteiger partial charge on any atom is 0.0493 e. The molecule has 0 spiro atoms. The van der Waals surface area contributed by atoms with Crippen molar-refractivity contribution in [3.05, 3.63) is 223 Å². The highest BCUT2D eigenvalue weighted by atomic mass is 15.1. The van der Waals surface area contributed by atoms with E-state index >= 15 is 0 Å². The van der Waals surface area contributed by atoms with Gasteiger partial charge in [-0.25, -0.2) is 0 Å². The monoisotopic (exact) mass is 736 g/mol. The first-order valence-electron chi connectivity index (χ1n) is 19.9. The molecule has 3 aliphatic rings. The Bertz CT molecular complexity index is 2730. The molecule has 1 aliphatic heterocycles. The van der Waals surface area contributed by atoms with Gasteiger partial charge in [0.1, 0.15) is 0 Å². The second-order valence-corrected chi connectivity index (χ2v) is 16.4. The van der Waals surface area contributed by atoms with Crippen molar-refractivity contribution in [1.82, 2.24) is 0 Å². The zero-order valence-corrected chi connectivity index (χ0v) is 33.4. The predicted octanol–water partition coefficient (Wildman–Crippen LogP) is 14.6. The van der Waals surface area contributed by atoms with Gasteiger partial charge in [-0.05, 0) is 122 Å². The molecule has 0 fully saturated rings. The van der Waals surface area contributed by atoms with Gasteiger partial charge < -0.3 is 9.80 Å². The molecule has 6 aromatic carbocycles. The fourth-order valence-electron chi connectivity index (χ4n) is 9.36. The zero-order chi connectivity index (χ0) is 39.5. The highest BCUT2D eigenvalue weighted by Gasteiger charge is 2.37. The van der Waals surface area contributed by atoms with Crippen molar-refractivity contribution in [2.75, 3.05) is 16.3 Å². The summed E-state index contributed by atoms with van der Waals surface area (Å²) in [6.45, 7) is 22.9. The van der Waals surface area contributed by atoms with Gasteiger partial charge in [0.25, 0.3) is 0 Å². The maximum atomic E-state index is 4.39. The summed E-state index contributed by atoms with van der Waals surface area (Å²) < 4.78 is 0. The van der Waals surface area contributed by atoms with Crippen molar-refractivity contribution < 1.29 is 0 Å². The van der Waals surface area contributed by atoms with Crippen molar-refractivity contribution in [2.24, 2.45) is 0 Å². The molecule has 278 valence electrons. The van der Waals surface area contributed by atoms with E-state index in [0.29, 0.717) is 0 Å². The maximum absolute atomic E-state index is 4.39. The number of anilines is 4. The molecule has 0 radical (unpaired) electrons. The smallest absolute Gasteiger partial charge is 0.0493 e. The molecule has 0 amide bonds. The van der Waals surface area contributed by atoms with Gasteiger partial charge in [-0.1, -0.05) is 157 Å². The van der Waals surface area contributed by atoms with Gasteiger partial charge in [-0.3, -0.25) is 0 Å². The minimum absolute atomic E-state index is 0.0657. The lowest BCUT2D eigenvalue weighted by atomic mass is 9.81. The molecule has 0 saturated carbocycles. The lowest BCUT2D eigenvalue weighted by molar-refractivity contribution is 0.660. The number of para-hydroxylation sites is 1. The summed E-state index contributed by atoms with van der Waals surface area (Å²) >= 11 is 0. The normalized spacial score (nSPS) is 16.8. The van der Waals surface area contributed by atoms with Crippen molar-refractivity contribution >= 4 is 28.3 Å². The highest BCUT2D eigenvalue weighted by Crippen LogP contribution is 2.53. The van der Waals surface area contributed by atoms with Crippen LogP contribution in [0.4, 0.5) is 22.7 Å². The Labute approximate surface area is 338 Å². The molecule has 2 nitrogen and oxygen atoms in total. The summed E-state index contributed by atoms with van der Waals surface area (Å²) in [6.07, 6.45) is 14.3. The van der Waals surface area contributed by atoms with Crippen LogP contribution in [0.1, 0.15) is 55.5 Å². The summed E-state index contributed by atoms with van der Waals surface area (Å²) in [6, 6.07) is 47.2. The van der Waals surface area contributed by atoms with E-state index in [4.69, 9.17) is 0 Å². The van der Waals surface area contributed by atoms with Gasteiger partial charge in [0.15, 0.2) is 0 Å². The number of hydrogen-bond acceptors (Lipinski definition) is 2. The van der Waals surface area contributed by atoms with Crippen LogP contribution >= 0.6 is 0 Å². The van der Waals surface area contributed by atoms with Crippen molar-refractivity contribution in [3.8, 4) is 33.4 Å². The van der Waals surface area contributed by atoms with Crippen molar-refractivity contribution in [3.63, 3.8) is 0 Å². The molecule has 0 unspecified atom stereocenters. The van der Waals surface area contributed by atoms with Crippen LogP contribution < -0.4 is 9.80 Å². The number of allylic oxidation sites excluding steroid dienone is 7. The van der Waals surface area contributed by atoms with E-state index < -0.39 is 0 Å². The van der Waals surface area contributed by atoms with Crippen LogP contribution in [0.3, 0.4) is 0 Å². The summed E-state index contributed by atoms with van der Waals surface area (Å²) in [5.41, 5.74) is 20.3. The van der Waals surface area contributed by atoms with Crippen LogP contribution in [-0.2, 0) is 10.8 Å². The number of benzene rings is 6. The molecule has 6 aromatic rings. The lowest BCUT2D eigenvalue weighted by Gasteiger charge is -2.30. The van der Waals surface area contributed by atoms with Crippen LogP contribution in [0.2, 0.25) is 0 Å². The van der Waals surface area contributed by atoms with Crippen LogP contribution in [0.25, 0.3) is 39.0 Å². The largest absolute Gasteiger partial charge is 0.337 e. The van der Waals surface area contributed by atoms with E-state index in [2.05, 4.69) is 209 Å². The average Bonchev–Trinajstić information content (AvgIpc) is 3.63. The molecule has 0 atom stereocenters. The quantitative estimate of drug-likeness (QED) is 0.151. The first-order valence-corrected chi connectivity index (χ1v) is 19.9. The minimum atomic E-state index is -0.240. The molecule has 2 aliphatic carbocycles. The first-order chi connectivity index (χ1) is 27.6. The highest BCUT2D eigenvalue weighted by molar-refractivity contribution is 5.89. The Hall–Kier alpha value is -6.64. The predicted molar refractivity (Wildman–Crippen MR) is 245 cm³/mol. The molecular weight excluding hydrogens is 689 g/mol. The average molecular weight is 737 g/mol. The first kappa shape index (κ1) is 36.0. The molecule has 0 saturated heterocycles. The van der Waals surface area contributed by atoms with E-state index in [0.717, 1.165) is 40.4 Å². The fourth-order valence-corrected chi connectivity index (χ4v) is 9.36. The van der Waals surface area contributed by atoms with Crippen LogP contribution in [0.15, 0.2) is 195 Å². The standard InChI is InChI=1S/C55H48N2/c1-8-18-40(9-2)57(42-21-17-20-38(33-42)39-26-29-46-45-23-12-14-24-49(45)54(4,5)50(46)34-39)43-28-31-48-47-30-27-41(35-51(47)55(6,7)52(48)36-43)56-32-16-10-11-19-37(3)44-22-13-15-25-53(44)56/h8-31,33-36H,1-3,32H2,4-7H3/b16-10-,19-11-,40-18+. The lowest BCUT2D eigenvalue weighted by Crippen LogP contribution is -2.20. The number of rotatable bonds is 7. The minimum Gasteiger partial charge on any atom is -0.337 e. The van der Waals surface area contributed by atoms with E-state index in [1.54, 1.807) is 0 Å². The third kappa shape index (κ3) is 5.87. The SMILES string of the molecule is C=C/C=C(\C=C)N(c1cccc(-c2ccc3c(c2)C(C)(C)c2ccccc2-3)c1)c1ccc2c(c1)C(C)(C)c1cc(N3C/C=C\C=C/C(=C)c4ccccc43)ccc1-2. The Balaban J connectivity index is 1.11. The summed E-state index contributed by atoms with van der Waals surface area (Å²) in [7, 11) is 0. The van der Waals surface area contributed by atoms with E-state index in [1.807, 2.05) is 18.2 Å². The van der Waals surface area contributed by atoms with Gasteiger partial charge in [-0.15, -0.1) is 0 Å². The van der Waals surface area contributed by atoms with E-state index in [1.165, 1.54) is 61.3 Å². The van der Waals surface area contributed by atoms with Crippen LogP contribution in [0.5, 0.6) is 0 Å². The fraction of sp³-hybridized carbons (Fsp3) is 0.127. The topological polar surface area (TPSA) is 6.48 Å². The zero-order valence-electron chi connectivity index (χ0n) is 33.4. The van der Waals surface area contributed by atoms with Crippen LogP contribution in [-0.4, -0.2) is 6.54 Å². The van der Waals surface area contributed by atoms with Gasteiger partial charge in [0, 0.05) is 51.4 Å². The van der Waals surface area contributed by atoms with Crippen LogP contribution in [0, 0.1) is 0 Å². The van der Waals surface area contributed by atoms with Gasteiger partial charge in [0.05, 0.1) is 0 Å². The van der Waals surface area contributed by atoms with Crippen molar-refractivity contribution in [2.45, 2.75) is 38.5 Å². The van der Waals surface area contributed by atoms with E-state index in [-0.39, 0.29) is 10.8 Å². The molecular formula is C55H48N2. The molecule has 0 aromatic heterocycles. The second-order valence-electron chi connectivity index (χ2n) is 16.4. The second kappa shape index (κ2) is 13.8. The molecule has 57 heavy (non-hydrogen) atoms. The van der Waals surface area contributed by atoms with Crippen molar-refractivity contribution in [1.29, 1.82) is 0 Å². The Morgan fingerprint density at radius 2 is 1.23 bits per heavy atom. The Morgan fingerprint density at radius 3 is 2.02 bits per heavy atom. The number of fused-ring (bicyclic) bond motifs is 7. The number of nitrogens with zero attached hydrogens (tertiary/aromatic N) is 2.